The van der Waals surface area contributed by atoms with Gasteiger partial charge in [-0.25, -0.2) is 4.39 Å². The van der Waals surface area contributed by atoms with Gasteiger partial charge in [0, 0.05) is 0 Å². The Hall–Kier alpha value is -1.19. The van der Waals surface area contributed by atoms with Gasteiger partial charge < -0.3 is 4.74 Å². The average molecular weight is 383 g/mol. The van der Waals surface area contributed by atoms with Gasteiger partial charge in [-0.15, -0.1) is 0 Å². The lowest BCUT2D eigenvalue weighted by atomic mass is 9.69. The predicted octanol–water partition coefficient (Wildman–Crippen LogP) is 7.01. The second kappa shape index (κ2) is 9.84. The molecule has 0 aromatic heterocycles. The Morgan fingerprint density at radius 3 is 2.04 bits per heavy atom. The zero-order valence-corrected chi connectivity index (χ0v) is 16.5. The van der Waals surface area contributed by atoms with E-state index in [-0.39, 0.29) is 12.4 Å². The number of ether oxygens (including phenoxy) is 1. The molecule has 0 N–H and O–H groups in total. The van der Waals surface area contributed by atoms with Crippen molar-refractivity contribution >= 4 is 0 Å². The molecule has 2 fully saturated rings. The number of rotatable bonds is 7. The first-order chi connectivity index (χ1) is 13.1. The maximum Gasteiger partial charge on any atom is 0.200 e. The van der Waals surface area contributed by atoms with E-state index in [2.05, 4.69) is 0 Å². The van der Waals surface area contributed by atoms with E-state index in [4.69, 9.17) is 4.74 Å². The van der Waals surface area contributed by atoms with E-state index >= 15 is 0 Å². The summed E-state index contributed by atoms with van der Waals surface area (Å²) in [5.41, 5.74) is 0.305. The molecule has 0 amide bonds. The van der Waals surface area contributed by atoms with E-state index in [1.807, 2.05) is 0 Å². The predicted molar refractivity (Wildman–Crippen MR) is 103 cm³/mol. The first-order valence-electron chi connectivity index (χ1n) is 10.7. The Labute approximate surface area is 161 Å². The Kier molecular flexibility index (Phi) is 7.49. The van der Waals surface area contributed by atoms with Crippen molar-refractivity contribution in [1.82, 2.24) is 0 Å². The molecule has 0 saturated heterocycles. The highest BCUT2D eigenvalue weighted by molar-refractivity contribution is 5.30. The molecule has 4 heteroatoms. The standard InChI is InChI=1S/C23H33F3O/c1-16-4-13-21(23(26)22(16)25)27-15-18-7-11-20(12-8-18)19-9-5-17(6-10-19)3-2-14-24/h4,13,17-20H,2-3,5-12,14-15H2,1H3. The van der Waals surface area contributed by atoms with Crippen LogP contribution in [0.1, 0.15) is 69.8 Å². The van der Waals surface area contributed by atoms with E-state index in [0.717, 1.165) is 43.4 Å². The van der Waals surface area contributed by atoms with Crippen LogP contribution in [0.5, 0.6) is 5.75 Å². The quantitative estimate of drug-likeness (QED) is 0.492. The molecule has 0 radical (unpaired) electrons. The summed E-state index contributed by atoms with van der Waals surface area (Å²) in [5, 5.41) is 0. The van der Waals surface area contributed by atoms with E-state index in [1.54, 1.807) is 13.0 Å². The second-order valence-corrected chi connectivity index (χ2v) is 8.71. The fourth-order valence-corrected chi connectivity index (χ4v) is 5.09. The zero-order valence-electron chi connectivity index (χ0n) is 16.5. The van der Waals surface area contributed by atoms with E-state index in [9.17, 15) is 13.2 Å². The molecule has 1 aromatic rings. The van der Waals surface area contributed by atoms with Gasteiger partial charge in [-0.1, -0.05) is 18.9 Å². The van der Waals surface area contributed by atoms with Gasteiger partial charge in [0.05, 0.1) is 13.3 Å². The molecule has 152 valence electrons. The van der Waals surface area contributed by atoms with Crippen molar-refractivity contribution in [3.05, 3.63) is 29.3 Å². The highest BCUT2D eigenvalue weighted by atomic mass is 19.2. The van der Waals surface area contributed by atoms with Crippen LogP contribution in [0, 0.1) is 42.2 Å². The van der Waals surface area contributed by atoms with Crippen LogP contribution in [0.25, 0.3) is 0 Å². The van der Waals surface area contributed by atoms with Crippen LogP contribution < -0.4 is 4.74 Å². The molecule has 0 bridgehead atoms. The third kappa shape index (κ3) is 5.42. The fourth-order valence-electron chi connectivity index (χ4n) is 5.09. The van der Waals surface area contributed by atoms with Gasteiger partial charge in [0.25, 0.3) is 0 Å². The van der Waals surface area contributed by atoms with Gasteiger partial charge in [-0.2, -0.15) is 4.39 Å². The summed E-state index contributed by atoms with van der Waals surface area (Å²) in [5.74, 6) is 1.17. The number of aryl methyl sites for hydroxylation is 1. The molecule has 2 aliphatic rings. The smallest absolute Gasteiger partial charge is 0.200 e. The third-order valence-corrected chi connectivity index (χ3v) is 6.91. The van der Waals surface area contributed by atoms with E-state index in [0.29, 0.717) is 18.1 Å². The summed E-state index contributed by atoms with van der Waals surface area (Å²) < 4.78 is 45.5. The molecule has 0 spiro atoms. The second-order valence-electron chi connectivity index (χ2n) is 8.71. The Morgan fingerprint density at radius 2 is 1.44 bits per heavy atom. The lowest BCUT2D eigenvalue weighted by molar-refractivity contribution is 0.119. The van der Waals surface area contributed by atoms with Crippen LogP contribution in [0.4, 0.5) is 13.2 Å². The van der Waals surface area contributed by atoms with Crippen LogP contribution in [0.2, 0.25) is 0 Å². The van der Waals surface area contributed by atoms with Crippen molar-refractivity contribution in [3.63, 3.8) is 0 Å². The van der Waals surface area contributed by atoms with Crippen molar-refractivity contribution in [2.45, 2.75) is 71.1 Å². The van der Waals surface area contributed by atoms with Crippen molar-refractivity contribution in [1.29, 1.82) is 0 Å². The molecule has 2 aliphatic carbocycles. The summed E-state index contributed by atoms with van der Waals surface area (Å²) in [6, 6.07) is 3.09. The minimum absolute atomic E-state index is 0.0341. The third-order valence-electron chi connectivity index (χ3n) is 6.91. The summed E-state index contributed by atoms with van der Waals surface area (Å²) in [4.78, 5) is 0. The van der Waals surface area contributed by atoms with E-state index < -0.39 is 11.6 Å². The Bertz CT molecular complexity index is 588. The number of halogens is 3. The number of alkyl halides is 1. The largest absolute Gasteiger partial charge is 0.490 e. The lowest BCUT2D eigenvalue weighted by Gasteiger charge is -2.37. The first kappa shape index (κ1) is 20.5. The molecule has 1 nitrogen and oxygen atoms in total. The van der Waals surface area contributed by atoms with Gasteiger partial charge in [-0.3, -0.25) is 4.39 Å². The monoisotopic (exact) mass is 382 g/mol. The molecule has 3 rings (SSSR count). The molecule has 0 unspecified atom stereocenters. The summed E-state index contributed by atoms with van der Waals surface area (Å²) in [7, 11) is 0. The highest BCUT2D eigenvalue weighted by Gasteiger charge is 2.31. The molecule has 0 aliphatic heterocycles. The van der Waals surface area contributed by atoms with Gasteiger partial charge >= 0.3 is 0 Å². The minimum Gasteiger partial charge on any atom is -0.490 e. The normalized spacial score (nSPS) is 28.9. The first-order valence-corrected chi connectivity index (χ1v) is 10.7. The van der Waals surface area contributed by atoms with Gasteiger partial charge in [-0.05, 0) is 93.6 Å². The zero-order chi connectivity index (χ0) is 19.2. The Balaban J connectivity index is 1.39. The molecule has 2 saturated carbocycles. The molecule has 1 aromatic carbocycles. The van der Waals surface area contributed by atoms with Crippen LogP contribution in [-0.4, -0.2) is 13.3 Å². The highest BCUT2D eigenvalue weighted by Crippen LogP contribution is 2.42. The van der Waals surface area contributed by atoms with Gasteiger partial charge in [0.2, 0.25) is 5.82 Å². The van der Waals surface area contributed by atoms with Crippen LogP contribution in [0.15, 0.2) is 12.1 Å². The maximum atomic E-state index is 13.9. The van der Waals surface area contributed by atoms with Crippen molar-refractivity contribution in [2.75, 3.05) is 13.3 Å². The average Bonchev–Trinajstić information content (AvgIpc) is 2.71. The van der Waals surface area contributed by atoms with Crippen molar-refractivity contribution in [2.24, 2.45) is 23.7 Å². The maximum absolute atomic E-state index is 13.9. The number of hydrogen-bond acceptors (Lipinski definition) is 1. The van der Waals surface area contributed by atoms with Crippen molar-refractivity contribution in [3.8, 4) is 5.75 Å². The SMILES string of the molecule is Cc1ccc(OCC2CCC(C3CCC(CCCF)CC3)CC2)c(F)c1F. The summed E-state index contributed by atoms with van der Waals surface area (Å²) >= 11 is 0. The fraction of sp³-hybridized carbons (Fsp3) is 0.739. The van der Waals surface area contributed by atoms with E-state index in [1.165, 1.54) is 44.6 Å². The minimum atomic E-state index is -0.867. The topological polar surface area (TPSA) is 9.23 Å². The van der Waals surface area contributed by atoms with Gasteiger partial charge in [0.1, 0.15) is 0 Å². The van der Waals surface area contributed by atoms with Crippen LogP contribution >= 0.6 is 0 Å². The number of hydrogen-bond donors (Lipinski definition) is 0. The molecule has 0 heterocycles. The molecular weight excluding hydrogens is 349 g/mol. The Morgan fingerprint density at radius 1 is 0.852 bits per heavy atom. The molecular formula is C23H33F3O. The number of benzene rings is 1. The molecule has 0 atom stereocenters. The van der Waals surface area contributed by atoms with Crippen LogP contribution in [0.3, 0.4) is 0 Å². The summed E-state index contributed by atoms with van der Waals surface area (Å²) in [6.45, 7) is 1.85. The van der Waals surface area contributed by atoms with Crippen molar-refractivity contribution < 1.29 is 17.9 Å². The van der Waals surface area contributed by atoms with Crippen LogP contribution in [-0.2, 0) is 0 Å². The van der Waals surface area contributed by atoms with Gasteiger partial charge in [0.15, 0.2) is 11.6 Å². The lowest BCUT2D eigenvalue weighted by Crippen LogP contribution is -2.27. The summed E-state index contributed by atoms with van der Waals surface area (Å²) in [6.07, 6.45) is 11.6. The molecule has 27 heavy (non-hydrogen) atoms.